The molecule has 0 aliphatic heterocycles. The number of amides is 1. The van der Waals surface area contributed by atoms with E-state index in [9.17, 15) is 13.6 Å². The van der Waals surface area contributed by atoms with Crippen LogP contribution in [0.2, 0.25) is 0 Å². The highest BCUT2D eigenvalue weighted by Gasteiger charge is 2.29. The van der Waals surface area contributed by atoms with Crippen LogP contribution in [0.15, 0.2) is 12.3 Å². The van der Waals surface area contributed by atoms with Gasteiger partial charge in [0.25, 0.3) is 5.91 Å². The van der Waals surface area contributed by atoms with E-state index in [1.165, 1.54) is 6.07 Å². The molecule has 1 fully saturated rings. The van der Waals surface area contributed by atoms with Gasteiger partial charge in [0.1, 0.15) is 0 Å². The van der Waals surface area contributed by atoms with Crippen molar-refractivity contribution in [1.82, 2.24) is 10.3 Å². The molecule has 0 radical (unpaired) electrons. The van der Waals surface area contributed by atoms with Crippen molar-refractivity contribution in [2.24, 2.45) is 11.8 Å². The van der Waals surface area contributed by atoms with Gasteiger partial charge in [-0.3, -0.25) is 4.79 Å². The predicted octanol–water partition coefficient (Wildman–Crippen LogP) is 3.30. The van der Waals surface area contributed by atoms with E-state index >= 15 is 0 Å². The van der Waals surface area contributed by atoms with Crippen molar-refractivity contribution >= 4 is 5.91 Å². The molecule has 2 atom stereocenters. The molecule has 20 heavy (non-hydrogen) atoms. The Kier molecular flexibility index (Phi) is 4.68. The maximum Gasteiger partial charge on any atom is 0.254 e. The highest BCUT2D eigenvalue weighted by molar-refractivity contribution is 5.94. The number of hydrogen-bond acceptors (Lipinski definition) is 2. The third-order valence-corrected chi connectivity index (χ3v) is 4.08. The van der Waals surface area contributed by atoms with Crippen LogP contribution in [-0.4, -0.2) is 16.9 Å². The van der Waals surface area contributed by atoms with E-state index in [0.717, 1.165) is 31.9 Å². The van der Waals surface area contributed by atoms with Crippen LogP contribution in [0.25, 0.3) is 0 Å². The van der Waals surface area contributed by atoms with Gasteiger partial charge in [-0.25, -0.2) is 9.37 Å². The third-order valence-electron chi connectivity index (χ3n) is 4.08. The second-order valence-electron chi connectivity index (χ2n) is 5.74. The van der Waals surface area contributed by atoms with Gasteiger partial charge in [-0.05, 0) is 30.7 Å². The molecule has 3 nitrogen and oxygen atoms in total. The fourth-order valence-corrected chi connectivity index (χ4v) is 2.98. The first-order valence-corrected chi connectivity index (χ1v) is 7.11. The Morgan fingerprint density at radius 3 is 2.75 bits per heavy atom. The van der Waals surface area contributed by atoms with Crippen LogP contribution in [0.4, 0.5) is 8.78 Å². The number of aromatic nitrogens is 1. The maximum absolute atomic E-state index is 13.6. The van der Waals surface area contributed by atoms with Crippen LogP contribution in [0, 0.1) is 23.6 Å². The van der Waals surface area contributed by atoms with E-state index in [0.29, 0.717) is 11.8 Å². The van der Waals surface area contributed by atoms with Gasteiger partial charge >= 0.3 is 0 Å². The van der Waals surface area contributed by atoms with Crippen LogP contribution in [0.5, 0.6) is 0 Å². The van der Waals surface area contributed by atoms with Gasteiger partial charge in [0, 0.05) is 12.2 Å². The highest BCUT2D eigenvalue weighted by Crippen LogP contribution is 2.30. The van der Waals surface area contributed by atoms with Crippen LogP contribution in [-0.2, 0) is 0 Å². The Bertz CT molecular complexity index is 491. The summed E-state index contributed by atoms with van der Waals surface area (Å²) in [6.45, 7) is 4.25. The van der Waals surface area contributed by atoms with Crippen molar-refractivity contribution in [1.29, 1.82) is 0 Å². The number of halogens is 2. The third kappa shape index (κ3) is 3.14. The smallest absolute Gasteiger partial charge is 0.254 e. The van der Waals surface area contributed by atoms with Gasteiger partial charge in [0.15, 0.2) is 5.82 Å². The van der Waals surface area contributed by atoms with E-state index in [1.54, 1.807) is 0 Å². The van der Waals surface area contributed by atoms with E-state index in [4.69, 9.17) is 0 Å². The lowest BCUT2D eigenvalue weighted by atomic mass is 9.78. The average Bonchev–Trinajstić information content (AvgIpc) is 2.42. The summed E-state index contributed by atoms with van der Waals surface area (Å²) >= 11 is 0. The monoisotopic (exact) mass is 282 g/mol. The molecule has 5 heteroatoms. The Hall–Kier alpha value is -1.52. The number of nitrogens with one attached hydrogen (secondary N) is 1. The Morgan fingerprint density at radius 2 is 2.05 bits per heavy atom. The van der Waals surface area contributed by atoms with Crippen LogP contribution < -0.4 is 5.32 Å². The molecule has 110 valence electrons. The number of nitrogens with zero attached hydrogens (tertiary/aromatic N) is 1. The summed E-state index contributed by atoms with van der Waals surface area (Å²) in [5.41, 5.74) is -0.273. The van der Waals surface area contributed by atoms with Crippen molar-refractivity contribution in [2.75, 3.05) is 0 Å². The summed E-state index contributed by atoms with van der Waals surface area (Å²) in [7, 11) is 0. The summed E-state index contributed by atoms with van der Waals surface area (Å²) in [5, 5.41) is 2.86. The quantitative estimate of drug-likeness (QED) is 0.864. The molecule has 1 aromatic heterocycles. The number of pyridine rings is 1. The number of carbonyl (C=O) groups is 1. The molecular weight excluding hydrogens is 262 g/mol. The molecule has 2 unspecified atom stereocenters. The molecule has 1 saturated carbocycles. The second-order valence-corrected chi connectivity index (χ2v) is 5.74. The van der Waals surface area contributed by atoms with Gasteiger partial charge in [-0.1, -0.05) is 26.7 Å². The molecule has 1 heterocycles. The minimum Gasteiger partial charge on any atom is -0.349 e. The van der Waals surface area contributed by atoms with Gasteiger partial charge < -0.3 is 5.32 Å². The largest absolute Gasteiger partial charge is 0.349 e. The lowest BCUT2D eigenvalue weighted by Gasteiger charge is -2.34. The molecule has 1 N–H and O–H groups in total. The summed E-state index contributed by atoms with van der Waals surface area (Å²) < 4.78 is 26.6. The number of hydrogen-bond donors (Lipinski definition) is 1. The Morgan fingerprint density at radius 1 is 1.35 bits per heavy atom. The lowest BCUT2D eigenvalue weighted by molar-refractivity contribution is 0.0883. The zero-order chi connectivity index (χ0) is 14.7. The Labute approximate surface area is 117 Å². The Balaban J connectivity index is 2.12. The van der Waals surface area contributed by atoms with Crippen molar-refractivity contribution < 1.29 is 13.6 Å². The van der Waals surface area contributed by atoms with Crippen molar-refractivity contribution in [3.05, 3.63) is 29.6 Å². The minimum absolute atomic E-state index is 0.0341. The fraction of sp³-hybridized carbons (Fsp3) is 0.600. The van der Waals surface area contributed by atoms with E-state index < -0.39 is 17.7 Å². The molecule has 0 aromatic carbocycles. The van der Waals surface area contributed by atoms with Crippen LogP contribution in [0.1, 0.15) is 49.9 Å². The summed E-state index contributed by atoms with van der Waals surface area (Å²) in [5.74, 6) is -2.12. The van der Waals surface area contributed by atoms with Gasteiger partial charge in [0.2, 0.25) is 5.95 Å². The van der Waals surface area contributed by atoms with Crippen LogP contribution in [0.3, 0.4) is 0 Å². The predicted molar refractivity (Wildman–Crippen MR) is 72.2 cm³/mol. The van der Waals surface area contributed by atoms with Crippen molar-refractivity contribution in [2.45, 2.75) is 45.6 Å². The molecule has 0 spiro atoms. The molecular formula is C15H20F2N2O. The molecule has 0 saturated heterocycles. The van der Waals surface area contributed by atoms with Gasteiger partial charge in [-0.15, -0.1) is 0 Å². The first-order chi connectivity index (χ1) is 9.50. The standard InChI is InChI=1S/C15H20F2N2O/c1-9(2)10-5-3-4-6-12(10)19-15(20)11-7-8-18-14(17)13(11)16/h7-10,12H,3-6H2,1-2H3,(H,19,20). The van der Waals surface area contributed by atoms with Gasteiger partial charge in [-0.2, -0.15) is 4.39 Å². The fourth-order valence-electron chi connectivity index (χ4n) is 2.98. The maximum atomic E-state index is 13.6. The topological polar surface area (TPSA) is 42.0 Å². The molecule has 1 aliphatic carbocycles. The SMILES string of the molecule is CC(C)C1CCCCC1NC(=O)c1ccnc(F)c1F. The average molecular weight is 282 g/mol. The lowest BCUT2D eigenvalue weighted by Crippen LogP contribution is -2.44. The zero-order valence-electron chi connectivity index (χ0n) is 11.8. The van der Waals surface area contributed by atoms with Gasteiger partial charge in [0.05, 0.1) is 5.56 Å². The molecule has 1 aliphatic rings. The summed E-state index contributed by atoms with van der Waals surface area (Å²) in [6.07, 6.45) is 5.28. The second kappa shape index (κ2) is 6.29. The van der Waals surface area contributed by atoms with E-state index in [-0.39, 0.29) is 11.6 Å². The van der Waals surface area contributed by atoms with Crippen molar-refractivity contribution in [3.8, 4) is 0 Å². The number of carbonyl (C=O) groups excluding carboxylic acids is 1. The minimum atomic E-state index is -1.23. The van der Waals surface area contributed by atoms with Crippen molar-refractivity contribution in [3.63, 3.8) is 0 Å². The van der Waals surface area contributed by atoms with E-state index in [2.05, 4.69) is 24.1 Å². The van der Waals surface area contributed by atoms with Crippen LogP contribution >= 0.6 is 0 Å². The first kappa shape index (κ1) is 14.9. The summed E-state index contributed by atoms with van der Waals surface area (Å²) in [6, 6.07) is 1.24. The first-order valence-electron chi connectivity index (χ1n) is 7.11. The zero-order valence-corrected chi connectivity index (χ0v) is 11.8. The van der Waals surface area contributed by atoms with E-state index in [1.807, 2.05) is 0 Å². The summed E-state index contributed by atoms with van der Waals surface area (Å²) in [4.78, 5) is 15.3. The molecule has 0 bridgehead atoms. The number of rotatable bonds is 3. The molecule has 1 amide bonds. The molecule has 1 aromatic rings. The molecule has 2 rings (SSSR count). The normalized spacial score (nSPS) is 22.9. The highest BCUT2D eigenvalue weighted by atomic mass is 19.2.